The van der Waals surface area contributed by atoms with Gasteiger partial charge < -0.3 is 16.2 Å². The number of primary amides is 1. The number of amides is 1. The van der Waals surface area contributed by atoms with Crippen molar-refractivity contribution >= 4 is 28.7 Å². The molecule has 0 bridgehead atoms. The first-order valence-corrected chi connectivity index (χ1v) is 6.98. The van der Waals surface area contributed by atoms with Gasteiger partial charge in [0.25, 0.3) is 0 Å². The molecule has 7 heteroatoms. The first-order chi connectivity index (χ1) is 9.40. The minimum atomic E-state index is -0.503. The number of ether oxygens (including phenoxy) is 1. The van der Waals surface area contributed by atoms with Crippen molar-refractivity contribution in [2.24, 2.45) is 16.5 Å². The number of carbonyl (C=O) groups is 1. The highest BCUT2D eigenvalue weighted by molar-refractivity contribution is 8.14. The van der Waals surface area contributed by atoms with Crippen LogP contribution < -0.4 is 16.2 Å². The Morgan fingerprint density at radius 3 is 2.65 bits per heavy atom. The van der Waals surface area contributed by atoms with Gasteiger partial charge in [-0.2, -0.15) is 0 Å². The van der Waals surface area contributed by atoms with E-state index in [1.807, 2.05) is 26.0 Å². The molecule has 0 atom stereocenters. The van der Waals surface area contributed by atoms with Gasteiger partial charge in [-0.05, 0) is 26.0 Å². The third-order valence-electron chi connectivity index (χ3n) is 2.10. The smallest absolute Gasteiger partial charge is 0.227 e. The second-order valence-corrected chi connectivity index (χ2v) is 5.18. The highest BCUT2D eigenvalue weighted by Gasteiger charge is 2.09. The molecule has 20 heavy (non-hydrogen) atoms. The Bertz CT molecular complexity index is 529. The van der Waals surface area contributed by atoms with E-state index >= 15 is 0 Å². The third-order valence-corrected chi connectivity index (χ3v) is 2.89. The van der Waals surface area contributed by atoms with E-state index < -0.39 is 5.91 Å². The molecule has 5 N–H and O–H groups in total. The number of para-hydroxylation sites is 1. The molecule has 0 fully saturated rings. The van der Waals surface area contributed by atoms with Gasteiger partial charge in [0.1, 0.15) is 11.6 Å². The zero-order valence-electron chi connectivity index (χ0n) is 11.4. The van der Waals surface area contributed by atoms with Gasteiger partial charge in [-0.1, -0.05) is 23.9 Å². The summed E-state index contributed by atoms with van der Waals surface area (Å²) in [7, 11) is 0. The molecule has 6 nitrogen and oxygen atoms in total. The second-order valence-electron chi connectivity index (χ2n) is 4.22. The van der Waals surface area contributed by atoms with Crippen molar-refractivity contribution in [2.75, 3.05) is 5.75 Å². The number of rotatable bonds is 5. The lowest BCUT2D eigenvalue weighted by Gasteiger charge is -2.13. The molecule has 0 unspecified atom stereocenters. The maximum atomic E-state index is 10.6. The number of hydrogen-bond acceptors (Lipinski definition) is 4. The number of hydrogen-bond donors (Lipinski definition) is 3. The fraction of sp³-hybridized carbons (Fsp3) is 0.308. The first-order valence-electron chi connectivity index (χ1n) is 6.00. The molecule has 0 spiro atoms. The van der Waals surface area contributed by atoms with Gasteiger partial charge in [-0.25, -0.2) is 4.99 Å². The number of carbonyl (C=O) groups excluding carboxylic acids is 1. The number of aliphatic imine (C=N–C) groups is 1. The zero-order chi connectivity index (χ0) is 15.1. The van der Waals surface area contributed by atoms with Crippen LogP contribution in [0.2, 0.25) is 0 Å². The maximum absolute atomic E-state index is 10.6. The predicted octanol–water partition coefficient (Wildman–Crippen LogP) is 1.33. The first kappa shape index (κ1) is 16.0. The SMILES string of the molecule is CC(C)Oc1ccccc1/C(N)=N/C(=N)SCC(N)=O. The van der Waals surface area contributed by atoms with Gasteiger partial charge in [-0.15, -0.1) is 0 Å². The summed E-state index contributed by atoms with van der Waals surface area (Å²) < 4.78 is 5.63. The van der Waals surface area contributed by atoms with Crippen LogP contribution in [0, 0.1) is 5.41 Å². The minimum absolute atomic E-state index is 0.000244. The molecule has 0 aromatic heterocycles. The van der Waals surface area contributed by atoms with E-state index in [-0.39, 0.29) is 22.9 Å². The summed E-state index contributed by atoms with van der Waals surface area (Å²) in [6.45, 7) is 3.82. The molecular weight excluding hydrogens is 276 g/mol. The van der Waals surface area contributed by atoms with Gasteiger partial charge in [0, 0.05) is 0 Å². The number of nitrogens with two attached hydrogens (primary N) is 2. The monoisotopic (exact) mass is 294 g/mol. The minimum Gasteiger partial charge on any atom is -0.490 e. The number of nitrogens with zero attached hydrogens (tertiary/aromatic N) is 1. The number of nitrogens with one attached hydrogen (secondary N) is 1. The normalized spacial score (nSPS) is 11.4. The molecule has 0 saturated carbocycles. The second kappa shape index (κ2) is 7.54. The number of thioether (sulfide) groups is 1. The summed E-state index contributed by atoms with van der Waals surface area (Å²) in [5.41, 5.74) is 11.5. The maximum Gasteiger partial charge on any atom is 0.227 e. The van der Waals surface area contributed by atoms with E-state index in [1.165, 1.54) is 0 Å². The third kappa shape index (κ3) is 5.31. The van der Waals surface area contributed by atoms with E-state index in [0.29, 0.717) is 11.3 Å². The molecule has 1 aromatic carbocycles. The topological polar surface area (TPSA) is 115 Å². The Morgan fingerprint density at radius 1 is 1.40 bits per heavy atom. The highest BCUT2D eigenvalue weighted by atomic mass is 32.2. The molecular formula is C13H18N4O2S. The Kier molecular flexibility index (Phi) is 6.05. The average Bonchev–Trinajstić information content (AvgIpc) is 2.36. The van der Waals surface area contributed by atoms with Crippen molar-refractivity contribution in [1.29, 1.82) is 5.41 Å². The molecule has 0 aliphatic carbocycles. The summed E-state index contributed by atoms with van der Waals surface area (Å²) in [6.07, 6.45) is 0.00707. The summed E-state index contributed by atoms with van der Waals surface area (Å²) in [5, 5.41) is 7.55. The van der Waals surface area contributed by atoms with Crippen LogP contribution in [-0.4, -0.2) is 28.8 Å². The van der Waals surface area contributed by atoms with Crippen LogP contribution in [0.25, 0.3) is 0 Å². The van der Waals surface area contributed by atoms with Gasteiger partial charge in [0.05, 0.1) is 17.4 Å². The number of amidine groups is 2. The Hall–Kier alpha value is -2.02. The lowest BCUT2D eigenvalue weighted by Crippen LogP contribution is -2.19. The summed E-state index contributed by atoms with van der Waals surface area (Å²) in [5.74, 6) is 0.275. The van der Waals surface area contributed by atoms with E-state index in [2.05, 4.69) is 4.99 Å². The quantitative estimate of drug-likeness (QED) is 0.561. The Morgan fingerprint density at radius 2 is 2.05 bits per heavy atom. The highest BCUT2D eigenvalue weighted by Crippen LogP contribution is 2.19. The lowest BCUT2D eigenvalue weighted by atomic mass is 10.2. The molecule has 1 amide bonds. The molecule has 0 heterocycles. The molecule has 1 aromatic rings. The lowest BCUT2D eigenvalue weighted by molar-refractivity contribution is -0.115. The average molecular weight is 294 g/mol. The Balaban J connectivity index is 2.88. The van der Waals surface area contributed by atoms with Crippen molar-refractivity contribution in [3.05, 3.63) is 29.8 Å². The van der Waals surface area contributed by atoms with Crippen LogP contribution in [0.1, 0.15) is 19.4 Å². The fourth-order valence-corrected chi connectivity index (χ4v) is 1.82. The zero-order valence-corrected chi connectivity index (χ0v) is 12.2. The van der Waals surface area contributed by atoms with Crippen LogP contribution in [0.3, 0.4) is 0 Å². The summed E-state index contributed by atoms with van der Waals surface area (Å²) >= 11 is 0.928. The molecule has 1 rings (SSSR count). The largest absolute Gasteiger partial charge is 0.490 e. The fourth-order valence-electron chi connectivity index (χ4n) is 1.38. The van der Waals surface area contributed by atoms with E-state index in [9.17, 15) is 4.79 Å². The van der Waals surface area contributed by atoms with Gasteiger partial charge in [0.2, 0.25) is 5.91 Å². The summed E-state index contributed by atoms with van der Waals surface area (Å²) in [6, 6.07) is 7.20. The predicted molar refractivity (Wildman–Crippen MR) is 82.3 cm³/mol. The van der Waals surface area contributed by atoms with Crippen LogP contribution in [0.15, 0.2) is 29.3 Å². The van der Waals surface area contributed by atoms with Gasteiger partial charge in [-0.3, -0.25) is 10.2 Å². The van der Waals surface area contributed by atoms with Crippen LogP contribution >= 0.6 is 11.8 Å². The number of benzene rings is 1. The van der Waals surface area contributed by atoms with Crippen molar-refractivity contribution in [3.8, 4) is 5.75 Å². The van der Waals surface area contributed by atoms with Crippen molar-refractivity contribution in [2.45, 2.75) is 20.0 Å². The standard InChI is InChI=1S/C13H18N4O2S/c1-8(2)19-10-6-4-3-5-9(10)12(15)17-13(16)20-7-11(14)18/h3-6,8H,7H2,1-2H3,(H2,14,18)(H3,15,16,17). The van der Waals surface area contributed by atoms with Gasteiger partial charge >= 0.3 is 0 Å². The van der Waals surface area contributed by atoms with E-state index in [4.69, 9.17) is 21.6 Å². The van der Waals surface area contributed by atoms with Gasteiger partial charge in [0.15, 0.2) is 5.17 Å². The molecule has 0 aliphatic heterocycles. The van der Waals surface area contributed by atoms with Crippen LogP contribution in [0.4, 0.5) is 0 Å². The van der Waals surface area contributed by atoms with E-state index in [0.717, 1.165) is 11.8 Å². The van der Waals surface area contributed by atoms with E-state index in [1.54, 1.807) is 12.1 Å². The molecule has 0 radical (unpaired) electrons. The van der Waals surface area contributed by atoms with Crippen molar-refractivity contribution in [3.63, 3.8) is 0 Å². The molecule has 0 saturated heterocycles. The van der Waals surface area contributed by atoms with Crippen molar-refractivity contribution in [1.82, 2.24) is 0 Å². The van der Waals surface area contributed by atoms with Crippen molar-refractivity contribution < 1.29 is 9.53 Å². The molecule has 108 valence electrons. The van der Waals surface area contributed by atoms with Crippen LogP contribution in [0.5, 0.6) is 5.75 Å². The molecule has 0 aliphatic rings. The Labute approximate surface area is 122 Å². The van der Waals surface area contributed by atoms with Crippen LogP contribution in [-0.2, 0) is 4.79 Å². The summed E-state index contributed by atoms with van der Waals surface area (Å²) in [4.78, 5) is 14.6.